The molecule has 1 rings (SSSR count). The molecule has 1 aromatic heterocycles. The van der Waals surface area contributed by atoms with Crippen LogP contribution in [-0.4, -0.2) is 23.6 Å². The molecule has 0 radical (unpaired) electrons. The van der Waals surface area contributed by atoms with E-state index in [-0.39, 0.29) is 18.1 Å². The number of carbonyl (C=O) groups is 1. The minimum atomic E-state index is -0.161. The molecular weight excluding hydrogens is 216 g/mol. The number of aromatic nitrogens is 1. The highest BCUT2D eigenvalue weighted by molar-refractivity contribution is 5.70. The fourth-order valence-corrected chi connectivity index (χ4v) is 1.68. The fraction of sp³-hybridized carbons (Fsp3) is 0.538. The molecule has 0 saturated heterocycles. The third-order valence-corrected chi connectivity index (χ3v) is 2.50. The summed E-state index contributed by atoms with van der Waals surface area (Å²) in [6.45, 7) is 6.28. The SMILES string of the molecule is CCOC(=O)CC(C)NC(C)c1cccnc1. The van der Waals surface area contributed by atoms with Crippen LogP contribution in [0.2, 0.25) is 0 Å². The number of pyridine rings is 1. The molecule has 4 heteroatoms. The molecule has 17 heavy (non-hydrogen) atoms. The van der Waals surface area contributed by atoms with Gasteiger partial charge in [-0.25, -0.2) is 0 Å². The first-order chi connectivity index (χ1) is 8.13. The molecule has 0 saturated carbocycles. The van der Waals surface area contributed by atoms with Crippen LogP contribution in [0, 0.1) is 0 Å². The van der Waals surface area contributed by atoms with Crippen molar-refractivity contribution in [3.05, 3.63) is 30.1 Å². The van der Waals surface area contributed by atoms with Gasteiger partial charge < -0.3 is 10.1 Å². The normalized spacial score (nSPS) is 14.1. The van der Waals surface area contributed by atoms with Crippen LogP contribution in [0.4, 0.5) is 0 Å². The molecule has 0 bridgehead atoms. The van der Waals surface area contributed by atoms with Gasteiger partial charge in [-0.1, -0.05) is 6.07 Å². The Kier molecular flexibility index (Phi) is 5.63. The summed E-state index contributed by atoms with van der Waals surface area (Å²) in [4.78, 5) is 15.4. The van der Waals surface area contributed by atoms with Crippen LogP contribution in [-0.2, 0) is 9.53 Å². The van der Waals surface area contributed by atoms with Gasteiger partial charge in [0.15, 0.2) is 0 Å². The standard InChI is InChI=1S/C13H20N2O2/c1-4-17-13(16)8-10(2)15-11(3)12-6-5-7-14-9-12/h5-7,9-11,15H,4,8H2,1-3H3. The fourth-order valence-electron chi connectivity index (χ4n) is 1.68. The first-order valence-corrected chi connectivity index (χ1v) is 5.95. The summed E-state index contributed by atoms with van der Waals surface area (Å²) in [5.41, 5.74) is 1.11. The maximum atomic E-state index is 11.3. The predicted molar refractivity (Wildman–Crippen MR) is 66.5 cm³/mol. The van der Waals surface area contributed by atoms with Crippen molar-refractivity contribution in [1.82, 2.24) is 10.3 Å². The Morgan fingerprint density at radius 1 is 1.53 bits per heavy atom. The van der Waals surface area contributed by atoms with Gasteiger partial charge in [0.25, 0.3) is 0 Å². The van der Waals surface area contributed by atoms with Crippen LogP contribution in [0.25, 0.3) is 0 Å². The largest absolute Gasteiger partial charge is 0.466 e. The van der Waals surface area contributed by atoms with E-state index in [2.05, 4.69) is 17.2 Å². The minimum absolute atomic E-state index is 0.0873. The van der Waals surface area contributed by atoms with Crippen molar-refractivity contribution in [3.8, 4) is 0 Å². The smallest absolute Gasteiger partial charge is 0.307 e. The molecule has 2 unspecified atom stereocenters. The van der Waals surface area contributed by atoms with Crippen molar-refractivity contribution >= 4 is 5.97 Å². The molecule has 94 valence electrons. The summed E-state index contributed by atoms with van der Waals surface area (Å²) in [7, 11) is 0. The second-order valence-electron chi connectivity index (χ2n) is 4.08. The number of ether oxygens (including phenoxy) is 1. The van der Waals surface area contributed by atoms with Gasteiger partial charge in [-0.05, 0) is 32.4 Å². The number of hydrogen-bond donors (Lipinski definition) is 1. The summed E-state index contributed by atoms with van der Waals surface area (Å²) in [6.07, 6.45) is 3.96. The van der Waals surface area contributed by atoms with E-state index in [1.807, 2.05) is 32.2 Å². The van der Waals surface area contributed by atoms with Crippen molar-refractivity contribution in [1.29, 1.82) is 0 Å². The maximum absolute atomic E-state index is 11.3. The molecule has 0 aliphatic carbocycles. The van der Waals surface area contributed by atoms with Gasteiger partial charge in [-0.3, -0.25) is 9.78 Å². The van der Waals surface area contributed by atoms with Gasteiger partial charge >= 0.3 is 5.97 Å². The lowest BCUT2D eigenvalue weighted by molar-refractivity contribution is -0.143. The van der Waals surface area contributed by atoms with E-state index in [0.29, 0.717) is 13.0 Å². The van der Waals surface area contributed by atoms with Gasteiger partial charge in [-0.15, -0.1) is 0 Å². The molecule has 0 amide bonds. The predicted octanol–water partition coefficient (Wildman–Crippen LogP) is 2.07. The van der Waals surface area contributed by atoms with E-state index in [4.69, 9.17) is 4.74 Å². The molecule has 0 aliphatic rings. The Morgan fingerprint density at radius 3 is 2.88 bits per heavy atom. The Balaban J connectivity index is 2.41. The Labute approximate surface area is 102 Å². The molecular formula is C13H20N2O2. The molecule has 0 aliphatic heterocycles. The molecule has 1 aromatic rings. The van der Waals surface area contributed by atoms with Crippen molar-refractivity contribution in [2.24, 2.45) is 0 Å². The Hall–Kier alpha value is -1.42. The summed E-state index contributed by atoms with van der Waals surface area (Å²) in [6, 6.07) is 4.18. The Morgan fingerprint density at radius 2 is 2.29 bits per heavy atom. The zero-order chi connectivity index (χ0) is 12.7. The molecule has 0 aromatic carbocycles. The number of rotatable bonds is 6. The van der Waals surface area contributed by atoms with Crippen LogP contribution in [0.3, 0.4) is 0 Å². The van der Waals surface area contributed by atoms with Crippen LogP contribution in [0.1, 0.15) is 38.8 Å². The van der Waals surface area contributed by atoms with Crippen LogP contribution in [0.15, 0.2) is 24.5 Å². The van der Waals surface area contributed by atoms with Crippen LogP contribution >= 0.6 is 0 Å². The van der Waals surface area contributed by atoms with E-state index >= 15 is 0 Å². The lowest BCUT2D eigenvalue weighted by Gasteiger charge is -2.19. The highest BCUT2D eigenvalue weighted by Crippen LogP contribution is 2.11. The number of esters is 1. The van der Waals surface area contributed by atoms with Gasteiger partial charge in [-0.2, -0.15) is 0 Å². The molecule has 2 atom stereocenters. The monoisotopic (exact) mass is 236 g/mol. The lowest BCUT2D eigenvalue weighted by Crippen LogP contribution is -2.31. The van der Waals surface area contributed by atoms with Crippen molar-refractivity contribution in [3.63, 3.8) is 0 Å². The molecule has 0 fully saturated rings. The summed E-state index contributed by atoms with van der Waals surface area (Å²) in [5, 5.41) is 3.34. The molecule has 1 heterocycles. The first-order valence-electron chi connectivity index (χ1n) is 5.95. The van der Waals surface area contributed by atoms with Crippen molar-refractivity contribution in [2.75, 3.05) is 6.61 Å². The van der Waals surface area contributed by atoms with Gasteiger partial charge in [0.2, 0.25) is 0 Å². The number of nitrogens with one attached hydrogen (secondary N) is 1. The van der Waals surface area contributed by atoms with Crippen LogP contribution < -0.4 is 5.32 Å². The first kappa shape index (κ1) is 13.6. The maximum Gasteiger partial charge on any atom is 0.307 e. The van der Waals surface area contributed by atoms with Gasteiger partial charge in [0.1, 0.15) is 0 Å². The lowest BCUT2D eigenvalue weighted by atomic mass is 10.1. The average Bonchev–Trinajstić information content (AvgIpc) is 2.30. The second kappa shape index (κ2) is 7.01. The van der Waals surface area contributed by atoms with Gasteiger partial charge in [0.05, 0.1) is 13.0 Å². The number of carbonyl (C=O) groups excluding carboxylic acids is 1. The molecule has 0 spiro atoms. The number of hydrogen-bond acceptors (Lipinski definition) is 4. The second-order valence-corrected chi connectivity index (χ2v) is 4.08. The van der Waals surface area contributed by atoms with E-state index in [0.717, 1.165) is 5.56 Å². The van der Waals surface area contributed by atoms with E-state index < -0.39 is 0 Å². The highest BCUT2D eigenvalue weighted by atomic mass is 16.5. The highest BCUT2D eigenvalue weighted by Gasteiger charge is 2.13. The summed E-state index contributed by atoms with van der Waals surface area (Å²) in [5.74, 6) is -0.161. The van der Waals surface area contributed by atoms with E-state index in [9.17, 15) is 4.79 Å². The molecule has 1 N–H and O–H groups in total. The van der Waals surface area contributed by atoms with Crippen molar-refractivity contribution < 1.29 is 9.53 Å². The summed E-state index contributed by atoms with van der Waals surface area (Å²) < 4.78 is 4.91. The third-order valence-electron chi connectivity index (χ3n) is 2.50. The van der Waals surface area contributed by atoms with Gasteiger partial charge in [0, 0.05) is 24.5 Å². The zero-order valence-electron chi connectivity index (χ0n) is 10.6. The van der Waals surface area contributed by atoms with E-state index in [1.54, 1.807) is 6.20 Å². The average molecular weight is 236 g/mol. The van der Waals surface area contributed by atoms with Crippen molar-refractivity contribution in [2.45, 2.75) is 39.3 Å². The third kappa shape index (κ3) is 4.95. The summed E-state index contributed by atoms with van der Waals surface area (Å²) >= 11 is 0. The topological polar surface area (TPSA) is 51.2 Å². The molecule has 4 nitrogen and oxygen atoms in total. The van der Waals surface area contributed by atoms with Crippen LogP contribution in [0.5, 0.6) is 0 Å². The minimum Gasteiger partial charge on any atom is -0.466 e. The van der Waals surface area contributed by atoms with E-state index in [1.165, 1.54) is 0 Å². The quantitative estimate of drug-likeness (QED) is 0.768. The number of nitrogens with zero attached hydrogens (tertiary/aromatic N) is 1. The Bertz CT molecular complexity index is 341. The zero-order valence-corrected chi connectivity index (χ0v) is 10.6.